The number of ether oxygens (including phenoxy) is 1. The van der Waals surface area contributed by atoms with E-state index in [1.807, 2.05) is 6.92 Å². The molecule has 0 bridgehead atoms. The third-order valence-electron chi connectivity index (χ3n) is 2.98. The lowest BCUT2D eigenvalue weighted by Crippen LogP contribution is -2.37. The summed E-state index contributed by atoms with van der Waals surface area (Å²) in [7, 11) is 0. The molecule has 0 rings (SSSR count). The summed E-state index contributed by atoms with van der Waals surface area (Å²) in [5.74, 6) is 0. The van der Waals surface area contributed by atoms with Crippen molar-refractivity contribution in [1.82, 2.24) is 0 Å². The highest BCUT2D eigenvalue weighted by atomic mass is 16.5. The molecule has 0 aliphatic rings. The van der Waals surface area contributed by atoms with Crippen molar-refractivity contribution in [2.24, 2.45) is 11.5 Å². The predicted molar refractivity (Wildman–Crippen MR) is 65.7 cm³/mol. The van der Waals surface area contributed by atoms with Crippen molar-refractivity contribution in [2.75, 3.05) is 13.2 Å². The average Bonchev–Trinajstić information content (AvgIpc) is 2.18. The molecule has 0 aliphatic carbocycles. The molecule has 15 heavy (non-hydrogen) atoms. The molecule has 0 heterocycles. The smallest absolute Gasteiger partial charge is 0.0663 e. The van der Waals surface area contributed by atoms with Gasteiger partial charge in [0.2, 0.25) is 0 Å². The first-order chi connectivity index (χ1) is 6.89. The van der Waals surface area contributed by atoms with Gasteiger partial charge in [-0.25, -0.2) is 0 Å². The maximum Gasteiger partial charge on any atom is 0.0663 e. The molecule has 0 fully saturated rings. The molecule has 0 saturated carbocycles. The summed E-state index contributed by atoms with van der Waals surface area (Å²) in [4.78, 5) is 0. The van der Waals surface area contributed by atoms with Crippen molar-refractivity contribution >= 4 is 0 Å². The summed E-state index contributed by atoms with van der Waals surface area (Å²) >= 11 is 0. The summed E-state index contributed by atoms with van der Waals surface area (Å²) in [6.07, 6.45) is 4.41. The Morgan fingerprint density at radius 2 is 1.93 bits per heavy atom. The van der Waals surface area contributed by atoms with E-state index in [9.17, 15) is 0 Å². The van der Waals surface area contributed by atoms with Gasteiger partial charge in [0.05, 0.1) is 5.60 Å². The Hall–Kier alpha value is -0.380. The topological polar surface area (TPSA) is 61.3 Å². The second-order valence-electron chi connectivity index (χ2n) is 4.65. The summed E-state index contributed by atoms with van der Waals surface area (Å²) in [6.45, 7) is 11.2. The first-order valence-electron chi connectivity index (χ1n) is 5.65. The Bertz CT molecular complexity index is 192. The Kier molecular flexibility index (Phi) is 6.10. The lowest BCUT2D eigenvalue weighted by molar-refractivity contribution is -0.0428. The average molecular weight is 214 g/mol. The molecule has 0 aromatic heterocycles. The predicted octanol–water partition coefficient (Wildman–Crippen LogP) is 1.81. The summed E-state index contributed by atoms with van der Waals surface area (Å²) < 4.78 is 5.85. The van der Waals surface area contributed by atoms with E-state index in [4.69, 9.17) is 16.2 Å². The quantitative estimate of drug-likeness (QED) is 0.606. The molecular weight excluding hydrogens is 188 g/mol. The lowest BCUT2D eigenvalue weighted by atomic mass is 9.97. The first-order valence-corrected chi connectivity index (χ1v) is 5.65. The minimum Gasteiger partial charge on any atom is -0.375 e. The maximum atomic E-state index is 5.94. The Balaban J connectivity index is 3.96. The van der Waals surface area contributed by atoms with Crippen molar-refractivity contribution in [3.8, 4) is 0 Å². The fourth-order valence-electron chi connectivity index (χ4n) is 1.28. The van der Waals surface area contributed by atoms with Crippen LogP contribution < -0.4 is 11.5 Å². The Morgan fingerprint density at radius 1 is 1.33 bits per heavy atom. The van der Waals surface area contributed by atoms with Gasteiger partial charge in [-0.05, 0) is 39.7 Å². The van der Waals surface area contributed by atoms with Crippen LogP contribution in [0.4, 0.5) is 0 Å². The molecular formula is C12H26N2O. The number of nitrogens with two attached hydrogens (primary N) is 2. The van der Waals surface area contributed by atoms with E-state index < -0.39 is 0 Å². The fourth-order valence-corrected chi connectivity index (χ4v) is 1.28. The van der Waals surface area contributed by atoms with Gasteiger partial charge >= 0.3 is 0 Å². The number of hydrogen-bond acceptors (Lipinski definition) is 3. The second kappa shape index (κ2) is 6.26. The maximum absolute atomic E-state index is 5.94. The highest BCUT2D eigenvalue weighted by Crippen LogP contribution is 2.20. The van der Waals surface area contributed by atoms with E-state index in [-0.39, 0.29) is 11.1 Å². The van der Waals surface area contributed by atoms with Crippen LogP contribution in [0.2, 0.25) is 0 Å². The van der Waals surface area contributed by atoms with E-state index in [0.717, 1.165) is 19.3 Å². The van der Waals surface area contributed by atoms with Crippen LogP contribution in [0, 0.1) is 0 Å². The van der Waals surface area contributed by atoms with E-state index in [1.165, 1.54) is 0 Å². The zero-order chi connectivity index (χ0) is 11.9. The first kappa shape index (κ1) is 14.6. The minimum atomic E-state index is -0.336. The second-order valence-corrected chi connectivity index (χ2v) is 4.65. The van der Waals surface area contributed by atoms with Gasteiger partial charge in [0.25, 0.3) is 0 Å². The molecule has 3 heteroatoms. The standard InChI is InChI=1S/C12H26N2O/c1-5-11(3,14)8-10-15-12(4,6-2)7-9-13/h5H,1,6-10,13-14H2,2-4H3. The Labute approximate surface area is 93.9 Å². The molecule has 0 radical (unpaired) electrons. The van der Waals surface area contributed by atoms with Crippen LogP contribution in [-0.4, -0.2) is 24.3 Å². The van der Waals surface area contributed by atoms with Crippen LogP contribution in [0.15, 0.2) is 12.7 Å². The van der Waals surface area contributed by atoms with E-state index in [0.29, 0.717) is 13.2 Å². The van der Waals surface area contributed by atoms with Crippen molar-refractivity contribution in [1.29, 1.82) is 0 Å². The molecule has 0 aliphatic heterocycles. The van der Waals surface area contributed by atoms with Gasteiger partial charge in [0.15, 0.2) is 0 Å². The fraction of sp³-hybridized carbons (Fsp3) is 0.833. The normalized spacial score (nSPS) is 19.3. The molecule has 0 saturated heterocycles. The summed E-state index contributed by atoms with van der Waals surface area (Å²) in [5, 5.41) is 0. The van der Waals surface area contributed by atoms with Gasteiger partial charge in [0, 0.05) is 12.1 Å². The summed E-state index contributed by atoms with van der Waals surface area (Å²) in [6, 6.07) is 0. The molecule has 3 nitrogen and oxygen atoms in total. The molecule has 0 aromatic carbocycles. The van der Waals surface area contributed by atoms with Gasteiger partial charge in [0.1, 0.15) is 0 Å². The van der Waals surface area contributed by atoms with Crippen molar-refractivity contribution in [2.45, 2.75) is 51.2 Å². The molecule has 2 atom stereocenters. The van der Waals surface area contributed by atoms with Crippen LogP contribution in [0.3, 0.4) is 0 Å². The van der Waals surface area contributed by atoms with E-state index in [2.05, 4.69) is 20.4 Å². The van der Waals surface area contributed by atoms with Gasteiger partial charge in [-0.15, -0.1) is 6.58 Å². The van der Waals surface area contributed by atoms with Crippen LogP contribution in [0.25, 0.3) is 0 Å². The largest absolute Gasteiger partial charge is 0.375 e. The molecule has 2 unspecified atom stereocenters. The zero-order valence-electron chi connectivity index (χ0n) is 10.4. The molecule has 0 aromatic rings. The molecule has 0 spiro atoms. The van der Waals surface area contributed by atoms with E-state index in [1.54, 1.807) is 6.08 Å². The van der Waals surface area contributed by atoms with Crippen LogP contribution in [0.5, 0.6) is 0 Å². The van der Waals surface area contributed by atoms with Gasteiger partial charge < -0.3 is 16.2 Å². The third kappa shape index (κ3) is 5.92. The highest BCUT2D eigenvalue weighted by molar-refractivity contribution is 4.96. The van der Waals surface area contributed by atoms with Crippen molar-refractivity contribution < 1.29 is 4.74 Å². The summed E-state index contributed by atoms with van der Waals surface area (Å²) in [5.41, 5.74) is 11.0. The van der Waals surface area contributed by atoms with Crippen LogP contribution in [-0.2, 0) is 4.74 Å². The number of rotatable bonds is 8. The monoisotopic (exact) mass is 214 g/mol. The highest BCUT2D eigenvalue weighted by Gasteiger charge is 2.23. The molecule has 4 N–H and O–H groups in total. The van der Waals surface area contributed by atoms with Gasteiger partial charge in [-0.3, -0.25) is 0 Å². The molecule has 90 valence electrons. The van der Waals surface area contributed by atoms with Gasteiger partial charge in [-0.1, -0.05) is 13.0 Å². The van der Waals surface area contributed by atoms with E-state index >= 15 is 0 Å². The zero-order valence-corrected chi connectivity index (χ0v) is 10.4. The lowest BCUT2D eigenvalue weighted by Gasteiger charge is -2.30. The SMILES string of the molecule is C=CC(C)(N)CCOC(C)(CC)CCN. The number of hydrogen-bond donors (Lipinski definition) is 2. The Morgan fingerprint density at radius 3 is 2.33 bits per heavy atom. The molecule has 0 amide bonds. The van der Waals surface area contributed by atoms with Crippen LogP contribution >= 0.6 is 0 Å². The van der Waals surface area contributed by atoms with Crippen LogP contribution in [0.1, 0.15) is 40.0 Å². The third-order valence-corrected chi connectivity index (χ3v) is 2.98. The van der Waals surface area contributed by atoms with Gasteiger partial charge in [-0.2, -0.15) is 0 Å². The minimum absolute atomic E-state index is 0.105. The van der Waals surface area contributed by atoms with Crippen molar-refractivity contribution in [3.05, 3.63) is 12.7 Å². The van der Waals surface area contributed by atoms with Crippen molar-refractivity contribution in [3.63, 3.8) is 0 Å².